The van der Waals surface area contributed by atoms with Gasteiger partial charge in [-0.15, -0.1) is 0 Å². The SMILES string of the molecule is CC(C)[C@@H](N)C(=O)Nc1c(Cl)cc(Cl)cc1C(=O)O. The van der Waals surface area contributed by atoms with Gasteiger partial charge in [-0.2, -0.15) is 0 Å². The lowest BCUT2D eigenvalue weighted by atomic mass is 10.0. The first kappa shape index (κ1) is 15.8. The Morgan fingerprint density at radius 1 is 1.32 bits per heavy atom. The first-order chi connectivity index (χ1) is 8.73. The van der Waals surface area contributed by atoms with E-state index in [2.05, 4.69) is 5.32 Å². The molecule has 0 aromatic heterocycles. The Bertz CT molecular complexity index is 518. The second-order valence-electron chi connectivity index (χ2n) is 4.37. The Morgan fingerprint density at radius 2 is 1.89 bits per heavy atom. The van der Waals surface area contributed by atoms with E-state index in [1.54, 1.807) is 13.8 Å². The standard InChI is InChI=1S/C12H14Cl2N2O3/c1-5(2)9(15)11(17)16-10-7(12(18)19)3-6(13)4-8(10)14/h3-5,9H,15H2,1-2H3,(H,16,17)(H,18,19)/t9-/m1/s1. The fourth-order valence-corrected chi connectivity index (χ4v) is 1.92. The van der Waals surface area contributed by atoms with Crippen LogP contribution in [0.1, 0.15) is 24.2 Å². The minimum absolute atomic E-state index is 0.000309. The third-order valence-corrected chi connectivity index (χ3v) is 3.07. The molecule has 1 aromatic carbocycles. The number of anilines is 1. The van der Waals surface area contributed by atoms with Crippen LogP contribution in [0.25, 0.3) is 0 Å². The van der Waals surface area contributed by atoms with Crippen molar-refractivity contribution in [3.63, 3.8) is 0 Å². The smallest absolute Gasteiger partial charge is 0.337 e. The summed E-state index contributed by atoms with van der Waals surface area (Å²) in [5.41, 5.74) is 5.51. The van der Waals surface area contributed by atoms with Crippen LogP contribution in [0.4, 0.5) is 5.69 Å². The molecule has 0 spiro atoms. The van der Waals surface area contributed by atoms with Crippen molar-refractivity contribution in [3.05, 3.63) is 27.7 Å². The van der Waals surface area contributed by atoms with Crippen LogP contribution in [0, 0.1) is 5.92 Å². The number of hydrogen-bond acceptors (Lipinski definition) is 3. The molecule has 1 rings (SSSR count). The molecule has 0 unspecified atom stereocenters. The van der Waals surface area contributed by atoms with E-state index in [1.165, 1.54) is 12.1 Å². The van der Waals surface area contributed by atoms with Crippen LogP contribution in [0.15, 0.2) is 12.1 Å². The van der Waals surface area contributed by atoms with E-state index in [0.29, 0.717) is 0 Å². The van der Waals surface area contributed by atoms with E-state index in [9.17, 15) is 9.59 Å². The van der Waals surface area contributed by atoms with Crippen LogP contribution >= 0.6 is 23.2 Å². The molecule has 1 aromatic rings. The number of aromatic carboxylic acids is 1. The Kier molecular flexibility index (Phi) is 5.17. The van der Waals surface area contributed by atoms with Gasteiger partial charge in [0.25, 0.3) is 0 Å². The van der Waals surface area contributed by atoms with E-state index in [1.807, 2.05) is 0 Å². The summed E-state index contributed by atoms with van der Waals surface area (Å²) in [6.07, 6.45) is 0. The summed E-state index contributed by atoms with van der Waals surface area (Å²) in [5.74, 6) is -1.82. The Labute approximate surface area is 120 Å². The van der Waals surface area contributed by atoms with Crippen molar-refractivity contribution in [1.82, 2.24) is 0 Å². The van der Waals surface area contributed by atoms with Crippen LogP contribution in [0.3, 0.4) is 0 Å². The van der Waals surface area contributed by atoms with E-state index in [-0.39, 0.29) is 27.2 Å². The first-order valence-electron chi connectivity index (χ1n) is 5.52. The monoisotopic (exact) mass is 304 g/mol. The summed E-state index contributed by atoms with van der Waals surface area (Å²) in [7, 11) is 0. The number of benzene rings is 1. The predicted octanol–water partition coefficient (Wildman–Crippen LogP) is 2.61. The molecule has 0 aliphatic carbocycles. The van der Waals surface area contributed by atoms with E-state index < -0.39 is 17.9 Å². The number of carbonyl (C=O) groups is 2. The largest absolute Gasteiger partial charge is 0.478 e. The molecule has 0 saturated carbocycles. The molecule has 5 nitrogen and oxygen atoms in total. The molecule has 0 radical (unpaired) electrons. The van der Waals surface area contributed by atoms with E-state index in [0.717, 1.165) is 0 Å². The third-order valence-electron chi connectivity index (χ3n) is 2.55. The number of halogens is 2. The van der Waals surface area contributed by atoms with Gasteiger partial charge in [-0.3, -0.25) is 4.79 Å². The normalized spacial score (nSPS) is 12.3. The zero-order valence-electron chi connectivity index (χ0n) is 10.4. The maximum Gasteiger partial charge on any atom is 0.337 e. The number of amides is 1. The lowest BCUT2D eigenvalue weighted by molar-refractivity contribution is -0.118. The predicted molar refractivity (Wildman–Crippen MR) is 74.9 cm³/mol. The second kappa shape index (κ2) is 6.23. The Morgan fingerprint density at radius 3 is 2.37 bits per heavy atom. The maximum atomic E-state index is 11.8. The summed E-state index contributed by atoms with van der Waals surface area (Å²) in [5, 5.41) is 11.7. The molecule has 4 N–H and O–H groups in total. The van der Waals surface area contributed by atoms with Gasteiger partial charge in [0, 0.05) is 5.02 Å². The summed E-state index contributed by atoms with van der Waals surface area (Å²) in [6.45, 7) is 3.57. The lowest BCUT2D eigenvalue weighted by Gasteiger charge is -2.17. The highest BCUT2D eigenvalue weighted by atomic mass is 35.5. The van der Waals surface area contributed by atoms with Gasteiger partial charge in [-0.05, 0) is 18.1 Å². The van der Waals surface area contributed by atoms with Crippen molar-refractivity contribution >= 4 is 40.8 Å². The highest BCUT2D eigenvalue weighted by Gasteiger charge is 2.22. The maximum absolute atomic E-state index is 11.8. The number of hydrogen-bond donors (Lipinski definition) is 3. The molecule has 0 fully saturated rings. The molecule has 104 valence electrons. The van der Waals surface area contributed by atoms with Gasteiger partial charge in [-0.1, -0.05) is 37.0 Å². The average Bonchev–Trinajstić information content (AvgIpc) is 2.30. The molecule has 0 aliphatic heterocycles. The molecule has 0 aliphatic rings. The van der Waals surface area contributed by atoms with Crippen molar-refractivity contribution in [3.8, 4) is 0 Å². The Hall–Kier alpha value is -1.30. The zero-order valence-corrected chi connectivity index (χ0v) is 11.9. The van der Waals surface area contributed by atoms with Crippen molar-refractivity contribution in [2.45, 2.75) is 19.9 Å². The number of carbonyl (C=O) groups excluding carboxylic acids is 1. The molecular weight excluding hydrogens is 291 g/mol. The van der Waals surface area contributed by atoms with Crippen LogP contribution in [-0.2, 0) is 4.79 Å². The minimum Gasteiger partial charge on any atom is -0.478 e. The Balaban J connectivity index is 3.14. The van der Waals surface area contributed by atoms with Gasteiger partial charge >= 0.3 is 5.97 Å². The fraction of sp³-hybridized carbons (Fsp3) is 0.333. The molecule has 0 bridgehead atoms. The lowest BCUT2D eigenvalue weighted by Crippen LogP contribution is -2.40. The van der Waals surface area contributed by atoms with Gasteiger partial charge in [0.05, 0.1) is 22.3 Å². The number of carboxylic acid groups (broad SMARTS) is 1. The quantitative estimate of drug-likeness (QED) is 0.797. The molecule has 0 saturated heterocycles. The molecule has 1 amide bonds. The van der Waals surface area contributed by atoms with Crippen LogP contribution < -0.4 is 11.1 Å². The molecular formula is C12H14Cl2N2O3. The van der Waals surface area contributed by atoms with Crippen LogP contribution in [0.2, 0.25) is 10.0 Å². The van der Waals surface area contributed by atoms with Crippen molar-refractivity contribution < 1.29 is 14.7 Å². The summed E-state index contributed by atoms with van der Waals surface area (Å²) >= 11 is 11.6. The second-order valence-corrected chi connectivity index (χ2v) is 5.22. The number of nitrogens with two attached hydrogens (primary N) is 1. The van der Waals surface area contributed by atoms with E-state index in [4.69, 9.17) is 34.0 Å². The van der Waals surface area contributed by atoms with Crippen molar-refractivity contribution in [1.29, 1.82) is 0 Å². The highest BCUT2D eigenvalue weighted by Crippen LogP contribution is 2.30. The van der Waals surface area contributed by atoms with Gasteiger partial charge in [0.2, 0.25) is 5.91 Å². The van der Waals surface area contributed by atoms with Gasteiger partial charge < -0.3 is 16.2 Å². The van der Waals surface area contributed by atoms with Gasteiger partial charge in [0.15, 0.2) is 0 Å². The third kappa shape index (κ3) is 3.83. The number of carboxylic acids is 1. The average molecular weight is 305 g/mol. The summed E-state index contributed by atoms with van der Waals surface area (Å²) in [6, 6.07) is 1.81. The van der Waals surface area contributed by atoms with Gasteiger partial charge in [-0.25, -0.2) is 4.79 Å². The molecule has 0 heterocycles. The number of nitrogens with one attached hydrogen (secondary N) is 1. The highest BCUT2D eigenvalue weighted by molar-refractivity contribution is 6.37. The van der Waals surface area contributed by atoms with Crippen LogP contribution in [0.5, 0.6) is 0 Å². The summed E-state index contributed by atoms with van der Waals surface area (Å²) < 4.78 is 0. The summed E-state index contributed by atoms with van der Waals surface area (Å²) in [4.78, 5) is 23.0. The zero-order chi connectivity index (χ0) is 14.7. The fourth-order valence-electron chi connectivity index (χ4n) is 1.38. The molecule has 7 heteroatoms. The topological polar surface area (TPSA) is 92.4 Å². The van der Waals surface area contributed by atoms with Crippen molar-refractivity contribution in [2.75, 3.05) is 5.32 Å². The van der Waals surface area contributed by atoms with Gasteiger partial charge in [0.1, 0.15) is 0 Å². The molecule has 1 atom stereocenters. The first-order valence-corrected chi connectivity index (χ1v) is 6.28. The van der Waals surface area contributed by atoms with Crippen molar-refractivity contribution in [2.24, 2.45) is 11.7 Å². The van der Waals surface area contributed by atoms with E-state index >= 15 is 0 Å². The minimum atomic E-state index is -1.24. The number of rotatable bonds is 4. The molecule has 19 heavy (non-hydrogen) atoms. The van der Waals surface area contributed by atoms with Crippen LogP contribution in [-0.4, -0.2) is 23.0 Å².